The van der Waals surface area contributed by atoms with Gasteiger partial charge in [0.05, 0.1) is 0 Å². The average Bonchev–Trinajstić information content (AvgIpc) is 2.78. The Morgan fingerprint density at radius 1 is 0.500 bits per heavy atom. The molecule has 0 spiro atoms. The molecule has 1 aliphatic carbocycles. The lowest BCUT2D eigenvalue weighted by Crippen LogP contribution is -2.42. The van der Waals surface area contributed by atoms with Crippen LogP contribution in [0.4, 0.5) is 0 Å². The topological polar surface area (TPSA) is 26.0 Å². The fourth-order valence-corrected chi connectivity index (χ4v) is 9.10. The van der Waals surface area contributed by atoms with Gasteiger partial charge in [-0.15, -0.1) is 0 Å². The molecule has 0 heterocycles. The molecule has 0 bridgehead atoms. The third-order valence-electron chi connectivity index (χ3n) is 11.8. The highest BCUT2D eigenvalue weighted by Crippen LogP contribution is 2.55. The molecule has 1 aliphatic rings. The molecule has 1 rings (SSSR count). The van der Waals surface area contributed by atoms with Gasteiger partial charge in [0, 0.05) is 5.54 Å². The lowest BCUT2D eigenvalue weighted by Gasteiger charge is -2.51. The zero-order chi connectivity index (χ0) is 30.5. The lowest BCUT2D eigenvalue weighted by molar-refractivity contribution is -0.00749. The summed E-state index contributed by atoms with van der Waals surface area (Å²) < 4.78 is 0. The summed E-state index contributed by atoms with van der Waals surface area (Å²) in [5.41, 5.74) is 8.00. The smallest absolute Gasteiger partial charge is 0.0102 e. The van der Waals surface area contributed by atoms with Gasteiger partial charge in [-0.2, -0.15) is 0 Å². The second-order valence-corrected chi connectivity index (χ2v) is 17.7. The Labute approximate surface area is 255 Å². The summed E-state index contributed by atoms with van der Waals surface area (Å²) >= 11 is 0. The molecule has 40 heavy (non-hydrogen) atoms. The van der Waals surface area contributed by atoms with Crippen LogP contribution in [0.1, 0.15) is 211 Å². The minimum absolute atomic E-state index is 0.0693. The molecule has 0 amide bonds. The predicted molar refractivity (Wildman–Crippen MR) is 183 cm³/mol. The van der Waals surface area contributed by atoms with Gasteiger partial charge in [0.15, 0.2) is 0 Å². The molecule has 1 unspecified atom stereocenters. The van der Waals surface area contributed by atoms with Crippen molar-refractivity contribution in [2.45, 2.75) is 217 Å². The molecule has 1 nitrogen and oxygen atoms in total. The van der Waals surface area contributed by atoms with E-state index in [9.17, 15) is 0 Å². The zero-order valence-electron chi connectivity index (χ0n) is 30.1. The number of rotatable bonds is 20. The van der Waals surface area contributed by atoms with Crippen LogP contribution in [0, 0.1) is 33.5 Å². The minimum Gasteiger partial charge on any atom is -0.326 e. The summed E-state index contributed by atoms with van der Waals surface area (Å²) in [6.07, 6.45) is 29.4. The van der Waals surface area contributed by atoms with Gasteiger partial charge in [-0.05, 0) is 98.7 Å². The van der Waals surface area contributed by atoms with E-state index in [1.165, 1.54) is 128 Å². The molecule has 1 fully saturated rings. The van der Waals surface area contributed by atoms with Crippen molar-refractivity contribution >= 4 is 0 Å². The van der Waals surface area contributed by atoms with E-state index in [0.717, 1.165) is 18.3 Å². The van der Waals surface area contributed by atoms with Gasteiger partial charge >= 0.3 is 0 Å². The lowest BCUT2D eigenvalue weighted by atomic mass is 9.54. The number of nitrogens with two attached hydrogens (primary N) is 1. The number of hydrogen-bond donors (Lipinski definition) is 1. The van der Waals surface area contributed by atoms with Gasteiger partial charge in [-0.1, -0.05) is 146 Å². The van der Waals surface area contributed by atoms with Crippen LogP contribution < -0.4 is 5.73 Å². The van der Waals surface area contributed by atoms with Crippen molar-refractivity contribution in [1.82, 2.24) is 0 Å². The van der Waals surface area contributed by atoms with Crippen LogP contribution in [-0.4, -0.2) is 5.54 Å². The zero-order valence-corrected chi connectivity index (χ0v) is 30.1. The van der Waals surface area contributed by atoms with Gasteiger partial charge in [0.2, 0.25) is 0 Å². The fourth-order valence-electron chi connectivity index (χ4n) is 9.10. The highest BCUT2D eigenvalue weighted by Gasteiger charge is 2.45. The Morgan fingerprint density at radius 2 is 0.850 bits per heavy atom. The molecular formula is C39H79N. The van der Waals surface area contributed by atoms with Gasteiger partial charge in [-0.3, -0.25) is 0 Å². The van der Waals surface area contributed by atoms with E-state index >= 15 is 0 Å². The van der Waals surface area contributed by atoms with Crippen molar-refractivity contribution in [1.29, 1.82) is 0 Å². The molecule has 240 valence electrons. The maximum absolute atomic E-state index is 6.48. The first-order valence-electron chi connectivity index (χ1n) is 18.3. The van der Waals surface area contributed by atoms with Gasteiger partial charge in [0.1, 0.15) is 0 Å². The molecule has 0 aromatic heterocycles. The van der Waals surface area contributed by atoms with Crippen LogP contribution in [0.3, 0.4) is 0 Å². The van der Waals surface area contributed by atoms with E-state index in [4.69, 9.17) is 5.73 Å². The summed E-state index contributed by atoms with van der Waals surface area (Å²) in [5.74, 6) is 1.69. The fraction of sp³-hybridized carbons (Fsp3) is 1.00. The molecule has 1 saturated carbocycles. The van der Waals surface area contributed by atoms with Crippen LogP contribution in [0.5, 0.6) is 0 Å². The predicted octanol–water partition coefficient (Wildman–Crippen LogP) is 13.3. The minimum atomic E-state index is -0.0693. The Hall–Kier alpha value is -0.0400. The molecule has 0 saturated heterocycles. The summed E-state index contributed by atoms with van der Waals surface area (Å²) in [7, 11) is 0. The van der Waals surface area contributed by atoms with Crippen LogP contribution in [0.15, 0.2) is 0 Å². The van der Waals surface area contributed by atoms with Crippen LogP contribution in [0.25, 0.3) is 0 Å². The second-order valence-electron chi connectivity index (χ2n) is 17.7. The Bertz CT molecular complexity index is 640. The van der Waals surface area contributed by atoms with Crippen LogP contribution in [-0.2, 0) is 0 Å². The molecule has 0 radical (unpaired) electrons. The van der Waals surface area contributed by atoms with E-state index < -0.39 is 0 Å². The molecule has 2 N–H and O–H groups in total. The van der Waals surface area contributed by atoms with Crippen molar-refractivity contribution in [3.05, 3.63) is 0 Å². The summed E-state index contributed by atoms with van der Waals surface area (Å²) in [6.45, 7) is 27.4. The normalized spacial score (nSPS) is 21.6. The first-order valence-corrected chi connectivity index (χ1v) is 18.3. The average molecular weight is 562 g/mol. The maximum atomic E-state index is 6.48. The largest absolute Gasteiger partial charge is 0.326 e. The highest BCUT2D eigenvalue weighted by molar-refractivity contribution is 4.96. The Kier molecular flexibility index (Phi) is 16.4. The monoisotopic (exact) mass is 562 g/mol. The third kappa shape index (κ3) is 13.5. The number of hydrogen-bond acceptors (Lipinski definition) is 1. The maximum Gasteiger partial charge on any atom is 0.0102 e. The van der Waals surface area contributed by atoms with Gasteiger partial charge in [-0.25, -0.2) is 0 Å². The molecule has 0 aliphatic heterocycles. The van der Waals surface area contributed by atoms with E-state index in [1.807, 2.05) is 0 Å². The van der Waals surface area contributed by atoms with Crippen molar-refractivity contribution in [2.75, 3.05) is 0 Å². The van der Waals surface area contributed by atoms with Crippen molar-refractivity contribution in [3.8, 4) is 0 Å². The molecule has 1 heteroatoms. The van der Waals surface area contributed by atoms with E-state index in [2.05, 4.69) is 76.2 Å². The SMILES string of the molecule is CCCCCCCCC(C)(CCCCCCC)C(C)(C)CC(C)(C)C1CCCC(C(C)(C)CC(C)(C)N)CCC1. The standard InChI is InChI=1S/C39H79N/c1-12-14-16-18-20-22-30-39(11,29-21-19-17-15-13-2)37(7,8)31-35(3,4)33-25-23-27-34(28-24-26-33)36(5,6)32-38(9,10)40/h33-34H,12-32,40H2,1-11H3. The van der Waals surface area contributed by atoms with Crippen LogP contribution in [0.2, 0.25) is 0 Å². The summed E-state index contributed by atoms with van der Waals surface area (Å²) in [5, 5.41) is 0. The van der Waals surface area contributed by atoms with Gasteiger partial charge < -0.3 is 5.73 Å². The summed E-state index contributed by atoms with van der Waals surface area (Å²) in [6, 6.07) is 0. The highest BCUT2D eigenvalue weighted by atomic mass is 14.7. The van der Waals surface area contributed by atoms with Crippen molar-refractivity contribution < 1.29 is 0 Å². The first-order chi connectivity index (χ1) is 18.5. The third-order valence-corrected chi connectivity index (χ3v) is 11.8. The number of unbranched alkanes of at least 4 members (excludes halogenated alkanes) is 9. The summed E-state index contributed by atoms with van der Waals surface area (Å²) in [4.78, 5) is 0. The molecular weight excluding hydrogens is 482 g/mol. The van der Waals surface area contributed by atoms with E-state index in [1.54, 1.807) is 0 Å². The molecule has 0 aromatic rings. The van der Waals surface area contributed by atoms with Crippen molar-refractivity contribution in [2.24, 2.45) is 39.2 Å². The van der Waals surface area contributed by atoms with Crippen LogP contribution >= 0.6 is 0 Å². The second kappa shape index (κ2) is 17.3. The van der Waals surface area contributed by atoms with Crippen molar-refractivity contribution in [3.63, 3.8) is 0 Å². The van der Waals surface area contributed by atoms with E-state index in [-0.39, 0.29) is 5.54 Å². The van der Waals surface area contributed by atoms with E-state index in [0.29, 0.717) is 21.7 Å². The first kappa shape index (κ1) is 38.0. The van der Waals surface area contributed by atoms with Gasteiger partial charge in [0.25, 0.3) is 0 Å². The molecule has 1 atom stereocenters. The molecule has 0 aromatic carbocycles. The quantitative estimate of drug-likeness (QED) is 0.147. The Morgan fingerprint density at radius 3 is 1.23 bits per heavy atom. The Balaban J connectivity index is 2.87.